The largest absolute Gasteiger partial charge is 0.393 e. The van der Waals surface area contributed by atoms with Crippen molar-refractivity contribution in [2.45, 2.75) is 107 Å². The number of fused-ring (bicyclic) bond motifs is 1. The van der Waals surface area contributed by atoms with Gasteiger partial charge >= 0.3 is 6.03 Å². The zero-order valence-electron chi connectivity index (χ0n) is 24.2. The van der Waals surface area contributed by atoms with Gasteiger partial charge in [-0.2, -0.15) is 0 Å². The molecular formula is C30H52N4O5. The predicted molar refractivity (Wildman–Crippen MR) is 149 cm³/mol. The van der Waals surface area contributed by atoms with E-state index in [0.717, 1.165) is 45.4 Å². The van der Waals surface area contributed by atoms with Crippen LogP contribution in [0.25, 0.3) is 0 Å². The molecule has 39 heavy (non-hydrogen) atoms. The number of nitrogens with zero attached hydrogens (tertiary/aromatic N) is 3. The zero-order valence-corrected chi connectivity index (χ0v) is 24.2. The Hall–Kier alpha value is -1.42. The predicted octanol–water partition coefficient (Wildman–Crippen LogP) is 2.45. The van der Waals surface area contributed by atoms with Crippen molar-refractivity contribution < 1.29 is 24.5 Å². The lowest BCUT2D eigenvalue weighted by Crippen LogP contribution is -2.58. The highest BCUT2D eigenvalue weighted by atomic mass is 16.5. The Morgan fingerprint density at radius 1 is 0.897 bits per heavy atom. The molecule has 0 aromatic carbocycles. The average molecular weight is 549 g/mol. The molecule has 5 aliphatic rings. The molecule has 3 saturated carbocycles. The van der Waals surface area contributed by atoms with E-state index in [9.17, 15) is 19.8 Å². The standard InChI is InChI=1S/C30H52N4O5/c1-32(2)30(38)34-14-12-22(17-34)31-25-10-6-9-21-11-13-33(18-24(21)25)29(37)28-26(36)15-23(35)16-27(28)39-19-20-7-4-3-5-8-20/h20-28,31,35-36H,3-19H2,1-2H3. The summed E-state index contributed by atoms with van der Waals surface area (Å²) in [7, 11) is 3.61. The third-order valence-corrected chi connectivity index (χ3v) is 10.4. The second-order valence-electron chi connectivity index (χ2n) is 13.4. The van der Waals surface area contributed by atoms with E-state index in [0.29, 0.717) is 42.9 Å². The van der Waals surface area contributed by atoms with Crippen LogP contribution >= 0.6 is 0 Å². The normalized spacial score (nSPS) is 37.9. The molecule has 3 N–H and O–H groups in total. The number of ether oxygens (including phenoxy) is 1. The first-order valence-corrected chi connectivity index (χ1v) is 15.8. The molecular weight excluding hydrogens is 496 g/mol. The van der Waals surface area contributed by atoms with Crippen molar-refractivity contribution in [1.29, 1.82) is 0 Å². The van der Waals surface area contributed by atoms with Gasteiger partial charge in [-0.3, -0.25) is 4.79 Å². The minimum absolute atomic E-state index is 0.00874. The molecule has 5 rings (SSSR count). The summed E-state index contributed by atoms with van der Waals surface area (Å²) < 4.78 is 6.33. The number of rotatable bonds is 6. The molecule has 8 unspecified atom stereocenters. The molecule has 0 spiro atoms. The molecule has 222 valence electrons. The van der Waals surface area contributed by atoms with E-state index in [1.165, 1.54) is 44.9 Å². The van der Waals surface area contributed by atoms with E-state index >= 15 is 0 Å². The van der Waals surface area contributed by atoms with E-state index < -0.39 is 24.2 Å². The van der Waals surface area contributed by atoms with Gasteiger partial charge in [0.05, 0.1) is 24.2 Å². The summed E-state index contributed by atoms with van der Waals surface area (Å²) in [5.41, 5.74) is 0. The number of urea groups is 1. The van der Waals surface area contributed by atoms with Crippen LogP contribution < -0.4 is 5.32 Å². The number of carbonyl (C=O) groups excluding carboxylic acids is 2. The molecule has 8 atom stereocenters. The van der Waals surface area contributed by atoms with E-state index in [4.69, 9.17) is 4.74 Å². The van der Waals surface area contributed by atoms with Gasteiger partial charge in [-0.25, -0.2) is 4.79 Å². The second-order valence-corrected chi connectivity index (χ2v) is 13.4. The Labute approximate surface area is 234 Å². The molecule has 9 heteroatoms. The molecule has 5 fully saturated rings. The van der Waals surface area contributed by atoms with Gasteiger partial charge in [-0.15, -0.1) is 0 Å². The summed E-state index contributed by atoms with van der Waals surface area (Å²) in [6.07, 6.45) is 10.4. The molecule has 0 aromatic rings. The van der Waals surface area contributed by atoms with Crippen molar-refractivity contribution in [3.8, 4) is 0 Å². The van der Waals surface area contributed by atoms with Gasteiger partial charge in [0, 0.05) is 71.8 Å². The van der Waals surface area contributed by atoms with Crippen LogP contribution in [-0.4, -0.2) is 114 Å². The number of aliphatic hydroxyl groups is 2. The van der Waals surface area contributed by atoms with Crippen LogP contribution in [-0.2, 0) is 9.53 Å². The lowest BCUT2D eigenvalue weighted by Gasteiger charge is -2.48. The smallest absolute Gasteiger partial charge is 0.319 e. The number of likely N-dealkylation sites (tertiary alicyclic amines) is 2. The first-order chi connectivity index (χ1) is 18.8. The van der Waals surface area contributed by atoms with Crippen molar-refractivity contribution in [3.63, 3.8) is 0 Å². The topological polar surface area (TPSA) is 106 Å². The van der Waals surface area contributed by atoms with Gasteiger partial charge < -0.3 is 35.0 Å². The Morgan fingerprint density at radius 3 is 2.44 bits per heavy atom. The summed E-state index contributed by atoms with van der Waals surface area (Å²) in [6.45, 7) is 3.61. The van der Waals surface area contributed by atoms with Crippen LogP contribution in [0.15, 0.2) is 0 Å². The van der Waals surface area contributed by atoms with Crippen molar-refractivity contribution in [2.24, 2.45) is 23.7 Å². The highest BCUT2D eigenvalue weighted by Crippen LogP contribution is 2.39. The van der Waals surface area contributed by atoms with Crippen molar-refractivity contribution in [3.05, 3.63) is 0 Å². The van der Waals surface area contributed by atoms with E-state index in [-0.39, 0.29) is 18.4 Å². The monoisotopic (exact) mass is 548 g/mol. The number of aliphatic hydroxyl groups excluding tert-OH is 2. The lowest BCUT2D eigenvalue weighted by atomic mass is 9.71. The van der Waals surface area contributed by atoms with Crippen LogP contribution in [0.2, 0.25) is 0 Å². The van der Waals surface area contributed by atoms with Gasteiger partial charge in [-0.05, 0) is 56.3 Å². The second kappa shape index (κ2) is 13.0. The Morgan fingerprint density at radius 2 is 1.67 bits per heavy atom. The van der Waals surface area contributed by atoms with Gasteiger partial charge in [0.1, 0.15) is 0 Å². The van der Waals surface area contributed by atoms with Gasteiger partial charge in [0.25, 0.3) is 0 Å². The Bertz CT molecular complexity index is 836. The minimum atomic E-state index is -0.866. The Balaban J connectivity index is 1.21. The van der Waals surface area contributed by atoms with Crippen LogP contribution in [0.4, 0.5) is 4.79 Å². The number of nitrogens with one attached hydrogen (secondary N) is 1. The maximum atomic E-state index is 14.0. The molecule has 9 nitrogen and oxygen atoms in total. The number of hydrogen-bond acceptors (Lipinski definition) is 6. The first-order valence-electron chi connectivity index (χ1n) is 15.8. The van der Waals surface area contributed by atoms with E-state index in [1.54, 1.807) is 19.0 Å². The fraction of sp³-hybridized carbons (Fsp3) is 0.933. The minimum Gasteiger partial charge on any atom is -0.393 e. The molecule has 0 bridgehead atoms. The first kappa shape index (κ1) is 29.1. The fourth-order valence-corrected chi connectivity index (χ4v) is 8.23. The summed E-state index contributed by atoms with van der Waals surface area (Å²) in [6, 6.07) is 0.713. The molecule has 0 radical (unpaired) electrons. The van der Waals surface area contributed by atoms with Gasteiger partial charge in [-0.1, -0.05) is 25.7 Å². The molecule has 2 heterocycles. The highest BCUT2D eigenvalue weighted by molar-refractivity contribution is 5.80. The zero-order chi connectivity index (χ0) is 27.5. The fourth-order valence-electron chi connectivity index (χ4n) is 8.23. The van der Waals surface area contributed by atoms with Crippen molar-refractivity contribution >= 4 is 11.9 Å². The number of carbonyl (C=O) groups is 2. The van der Waals surface area contributed by atoms with Crippen LogP contribution in [0.5, 0.6) is 0 Å². The van der Waals surface area contributed by atoms with Gasteiger partial charge in [0.15, 0.2) is 0 Å². The molecule has 3 amide bonds. The number of piperidine rings is 1. The Kier molecular flexibility index (Phi) is 9.73. The maximum Gasteiger partial charge on any atom is 0.319 e. The maximum absolute atomic E-state index is 14.0. The average Bonchev–Trinajstić information content (AvgIpc) is 3.39. The molecule has 3 aliphatic carbocycles. The van der Waals surface area contributed by atoms with Crippen LogP contribution in [0, 0.1) is 23.7 Å². The number of hydrogen-bond donors (Lipinski definition) is 3. The molecule has 0 aromatic heterocycles. The quantitative estimate of drug-likeness (QED) is 0.471. The summed E-state index contributed by atoms with van der Waals surface area (Å²) in [4.78, 5) is 32.0. The van der Waals surface area contributed by atoms with Crippen molar-refractivity contribution in [1.82, 2.24) is 20.0 Å². The SMILES string of the molecule is CN(C)C(=O)N1CCC(NC2CCCC3CCN(C(=O)C4C(O)CC(O)CC4OCC4CCCCC4)CC32)C1. The van der Waals surface area contributed by atoms with E-state index in [1.807, 2.05) is 9.80 Å². The summed E-state index contributed by atoms with van der Waals surface area (Å²) >= 11 is 0. The lowest BCUT2D eigenvalue weighted by molar-refractivity contribution is -0.162. The van der Waals surface area contributed by atoms with E-state index in [2.05, 4.69) is 5.32 Å². The van der Waals surface area contributed by atoms with Crippen LogP contribution in [0.1, 0.15) is 77.0 Å². The summed E-state index contributed by atoms with van der Waals surface area (Å²) in [5, 5.41) is 25.3. The van der Waals surface area contributed by atoms with Crippen molar-refractivity contribution in [2.75, 3.05) is 46.9 Å². The third kappa shape index (κ3) is 6.91. The third-order valence-electron chi connectivity index (χ3n) is 10.4. The number of amides is 3. The van der Waals surface area contributed by atoms with Gasteiger partial charge in [0.2, 0.25) is 5.91 Å². The highest BCUT2D eigenvalue weighted by Gasteiger charge is 2.46. The molecule has 2 saturated heterocycles. The summed E-state index contributed by atoms with van der Waals surface area (Å²) in [5.74, 6) is 0.939. The van der Waals surface area contributed by atoms with Crippen LogP contribution in [0.3, 0.4) is 0 Å². The molecule has 2 aliphatic heterocycles.